The van der Waals surface area contributed by atoms with Gasteiger partial charge < -0.3 is 14.7 Å². The number of anilines is 1. The van der Waals surface area contributed by atoms with Crippen LogP contribution in [0.1, 0.15) is 17.7 Å². The molecule has 1 N–H and O–H groups in total. The molecule has 23 heavy (non-hydrogen) atoms. The molecular weight excluding hydrogens is 322 g/mol. The van der Waals surface area contributed by atoms with E-state index in [1.165, 1.54) is 0 Å². The highest BCUT2D eigenvalue weighted by molar-refractivity contribution is 6.29. The summed E-state index contributed by atoms with van der Waals surface area (Å²) < 4.78 is 6.45. The molecule has 9 heteroatoms. The lowest BCUT2D eigenvalue weighted by molar-refractivity contribution is -0.126. The van der Waals surface area contributed by atoms with Gasteiger partial charge >= 0.3 is 0 Å². The maximum absolute atomic E-state index is 12.4. The third kappa shape index (κ3) is 3.07. The molecule has 2 aromatic rings. The lowest BCUT2D eigenvalue weighted by atomic mass is 10.1. The fourth-order valence-electron chi connectivity index (χ4n) is 2.58. The topological polar surface area (TPSA) is 93.3 Å². The summed E-state index contributed by atoms with van der Waals surface area (Å²) in [7, 11) is 1.79. The summed E-state index contributed by atoms with van der Waals surface area (Å²) in [5.41, 5.74) is 1.84. The number of hydrogen-bond donors (Lipinski definition) is 1. The van der Waals surface area contributed by atoms with E-state index in [-0.39, 0.29) is 23.5 Å². The smallest absolute Gasteiger partial charge is 0.249 e. The molecular formula is C14H16ClN5O3. The molecule has 2 aromatic heterocycles. The van der Waals surface area contributed by atoms with Crippen LogP contribution in [0.4, 0.5) is 5.69 Å². The van der Waals surface area contributed by atoms with Crippen molar-refractivity contribution in [1.82, 2.24) is 20.3 Å². The van der Waals surface area contributed by atoms with Crippen molar-refractivity contribution < 1.29 is 14.1 Å². The summed E-state index contributed by atoms with van der Waals surface area (Å²) in [5.74, 6) is -0.427. The molecule has 0 bridgehead atoms. The molecule has 1 saturated heterocycles. The number of nitrogens with zero attached hydrogens (tertiary/aromatic N) is 4. The summed E-state index contributed by atoms with van der Waals surface area (Å²) in [4.78, 5) is 26.2. The van der Waals surface area contributed by atoms with Crippen molar-refractivity contribution in [2.45, 2.75) is 25.8 Å². The van der Waals surface area contributed by atoms with Crippen molar-refractivity contribution in [1.29, 1.82) is 0 Å². The van der Waals surface area contributed by atoms with Crippen molar-refractivity contribution in [2.75, 3.05) is 11.4 Å². The number of carbonyl (C=O) groups is 2. The Kier molecular flexibility index (Phi) is 4.08. The molecule has 0 saturated carbocycles. The Hall–Kier alpha value is -2.35. The van der Waals surface area contributed by atoms with Gasteiger partial charge in [-0.3, -0.25) is 14.3 Å². The lowest BCUT2D eigenvalue weighted by Gasteiger charge is -2.15. The van der Waals surface area contributed by atoms with E-state index in [0.717, 1.165) is 5.69 Å². The fraction of sp³-hybridized carbons (Fsp3) is 0.429. The molecule has 3 rings (SSSR count). The van der Waals surface area contributed by atoms with Crippen LogP contribution in [0, 0.1) is 6.92 Å². The third-order valence-electron chi connectivity index (χ3n) is 3.82. The average Bonchev–Trinajstić information content (AvgIpc) is 3.16. The van der Waals surface area contributed by atoms with Gasteiger partial charge in [-0.2, -0.15) is 5.10 Å². The first-order valence-corrected chi connectivity index (χ1v) is 7.53. The van der Waals surface area contributed by atoms with E-state index in [9.17, 15) is 9.59 Å². The largest absolute Gasteiger partial charge is 0.344 e. The van der Waals surface area contributed by atoms with Crippen molar-refractivity contribution in [3.05, 3.63) is 28.9 Å². The molecule has 1 fully saturated rings. The number of aromatic nitrogens is 3. The minimum absolute atomic E-state index is 0.0326. The molecule has 122 valence electrons. The summed E-state index contributed by atoms with van der Waals surface area (Å²) in [6.07, 6.45) is 3.98. The number of aryl methyl sites for hydroxylation is 2. The van der Waals surface area contributed by atoms with E-state index in [1.54, 1.807) is 35.9 Å². The van der Waals surface area contributed by atoms with Gasteiger partial charge in [0.25, 0.3) is 0 Å². The highest BCUT2D eigenvalue weighted by atomic mass is 35.5. The lowest BCUT2D eigenvalue weighted by Crippen LogP contribution is -2.42. The minimum Gasteiger partial charge on any atom is -0.344 e. The van der Waals surface area contributed by atoms with Gasteiger partial charge in [0.1, 0.15) is 6.04 Å². The van der Waals surface area contributed by atoms with Crippen molar-refractivity contribution in [3.63, 3.8) is 0 Å². The van der Waals surface area contributed by atoms with Crippen LogP contribution < -0.4 is 10.2 Å². The zero-order valence-corrected chi connectivity index (χ0v) is 13.5. The van der Waals surface area contributed by atoms with E-state index < -0.39 is 6.04 Å². The number of amides is 2. The molecule has 8 nitrogen and oxygen atoms in total. The van der Waals surface area contributed by atoms with E-state index in [2.05, 4.69) is 15.6 Å². The molecule has 0 aromatic carbocycles. The number of hydrogen-bond acceptors (Lipinski definition) is 5. The quantitative estimate of drug-likeness (QED) is 0.892. The number of carbonyl (C=O) groups excluding carboxylic acids is 2. The van der Waals surface area contributed by atoms with Crippen LogP contribution in [-0.4, -0.2) is 39.3 Å². The van der Waals surface area contributed by atoms with Crippen LogP contribution in [0.2, 0.25) is 5.22 Å². The first-order valence-electron chi connectivity index (χ1n) is 7.15. The fourth-order valence-corrected chi connectivity index (χ4v) is 2.82. The molecule has 0 radical (unpaired) electrons. The first-order chi connectivity index (χ1) is 11.0. The summed E-state index contributed by atoms with van der Waals surface area (Å²) in [6.45, 7) is 2.26. The van der Waals surface area contributed by atoms with Crippen LogP contribution in [0.15, 0.2) is 16.9 Å². The standard InChI is InChI=1S/C14H16ClN5O3/c1-8-10(13(15)23-18-8)5-12(21)17-11-3-4-20(14(11)22)9-6-16-19(2)7-9/h6-7,11H,3-5H2,1-2H3,(H,17,21). The molecule has 1 aliphatic rings. The Morgan fingerprint density at radius 1 is 1.57 bits per heavy atom. The van der Waals surface area contributed by atoms with Crippen molar-refractivity contribution in [3.8, 4) is 0 Å². The SMILES string of the molecule is Cc1noc(Cl)c1CC(=O)NC1CCN(c2cnn(C)c2)C1=O. The summed E-state index contributed by atoms with van der Waals surface area (Å²) in [6, 6.07) is -0.540. The molecule has 1 unspecified atom stereocenters. The first kappa shape index (κ1) is 15.5. The molecule has 0 spiro atoms. The van der Waals surface area contributed by atoms with E-state index in [1.807, 2.05) is 0 Å². The second-order valence-corrected chi connectivity index (χ2v) is 5.81. The molecule has 2 amide bonds. The molecule has 1 aliphatic heterocycles. The van der Waals surface area contributed by atoms with Gasteiger partial charge in [-0.25, -0.2) is 0 Å². The third-order valence-corrected chi connectivity index (χ3v) is 4.11. The molecule has 0 aliphatic carbocycles. The maximum Gasteiger partial charge on any atom is 0.249 e. The Balaban J connectivity index is 1.63. The van der Waals surface area contributed by atoms with Crippen LogP contribution in [-0.2, 0) is 23.1 Å². The van der Waals surface area contributed by atoms with E-state index in [4.69, 9.17) is 16.1 Å². The normalized spacial score (nSPS) is 17.8. The molecule has 1 atom stereocenters. The Labute approximate surface area is 137 Å². The van der Waals surface area contributed by atoms with Gasteiger partial charge in [-0.1, -0.05) is 5.16 Å². The highest BCUT2D eigenvalue weighted by Crippen LogP contribution is 2.22. The predicted molar refractivity (Wildman–Crippen MR) is 82.1 cm³/mol. The van der Waals surface area contributed by atoms with E-state index >= 15 is 0 Å². The number of halogens is 1. The Morgan fingerprint density at radius 3 is 2.96 bits per heavy atom. The predicted octanol–water partition coefficient (Wildman–Crippen LogP) is 0.834. The zero-order valence-electron chi connectivity index (χ0n) is 12.7. The van der Waals surface area contributed by atoms with Gasteiger partial charge in [0.15, 0.2) is 0 Å². The Morgan fingerprint density at radius 2 is 2.35 bits per heavy atom. The van der Waals surface area contributed by atoms with E-state index in [0.29, 0.717) is 24.2 Å². The van der Waals surface area contributed by atoms with Gasteiger partial charge in [0, 0.05) is 25.4 Å². The second kappa shape index (κ2) is 6.04. The maximum atomic E-state index is 12.4. The van der Waals surface area contributed by atoms with Gasteiger partial charge in [-0.05, 0) is 24.9 Å². The van der Waals surface area contributed by atoms with Gasteiger partial charge in [-0.15, -0.1) is 0 Å². The Bertz CT molecular complexity index is 734. The summed E-state index contributed by atoms with van der Waals surface area (Å²) in [5, 5.41) is 10.6. The van der Waals surface area contributed by atoms with Crippen LogP contribution in [0.25, 0.3) is 0 Å². The van der Waals surface area contributed by atoms with Gasteiger partial charge in [0.2, 0.25) is 17.0 Å². The van der Waals surface area contributed by atoms with Crippen molar-refractivity contribution in [2.24, 2.45) is 7.05 Å². The second-order valence-electron chi connectivity index (χ2n) is 5.47. The van der Waals surface area contributed by atoms with Crippen LogP contribution >= 0.6 is 11.6 Å². The average molecular weight is 338 g/mol. The minimum atomic E-state index is -0.540. The summed E-state index contributed by atoms with van der Waals surface area (Å²) >= 11 is 5.85. The van der Waals surface area contributed by atoms with Crippen LogP contribution in [0.5, 0.6) is 0 Å². The van der Waals surface area contributed by atoms with Crippen molar-refractivity contribution >= 4 is 29.1 Å². The number of rotatable bonds is 4. The van der Waals surface area contributed by atoms with Gasteiger partial charge in [0.05, 0.1) is 24.0 Å². The number of nitrogens with one attached hydrogen (secondary N) is 1. The highest BCUT2D eigenvalue weighted by Gasteiger charge is 2.34. The monoisotopic (exact) mass is 337 g/mol. The zero-order chi connectivity index (χ0) is 16.6. The molecule has 3 heterocycles. The van der Waals surface area contributed by atoms with Crippen LogP contribution in [0.3, 0.4) is 0 Å².